The highest BCUT2D eigenvalue weighted by Crippen LogP contribution is 2.28. The van der Waals surface area contributed by atoms with E-state index in [9.17, 15) is 4.79 Å². The summed E-state index contributed by atoms with van der Waals surface area (Å²) in [5, 5.41) is 0. The van der Waals surface area contributed by atoms with Gasteiger partial charge in [-0.3, -0.25) is 4.79 Å². The van der Waals surface area contributed by atoms with Crippen molar-refractivity contribution in [1.82, 2.24) is 4.90 Å². The third-order valence-electron chi connectivity index (χ3n) is 3.18. The molecule has 0 atom stereocenters. The summed E-state index contributed by atoms with van der Waals surface area (Å²) < 4.78 is 0. The Morgan fingerprint density at radius 3 is 2.41 bits per heavy atom. The Morgan fingerprint density at radius 2 is 1.82 bits per heavy atom. The number of hydrogen-bond acceptors (Lipinski definition) is 4. The fourth-order valence-corrected chi connectivity index (χ4v) is 2.11. The van der Waals surface area contributed by atoms with E-state index >= 15 is 0 Å². The van der Waals surface area contributed by atoms with Gasteiger partial charge in [0.15, 0.2) is 0 Å². The molecule has 92 valence electrons. The van der Waals surface area contributed by atoms with Crippen LogP contribution in [0, 0.1) is 0 Å². The molecular formula is C12H18N4O. The third kappa shape index (κ3) is 2.27. The summed E-state index contributed by atoms with van der Waals surface area (Å²) in [6.07, 6.45) is 0. The zero-order valence-electron chi connectivity index (χ0n) is 10.0. The number of nitrogens with two attached hydrogens (primary N) is 2. The minimum atomic E-state index is 0.130. The number of para-hydroxylation sites is 1. The molecule has 0 aliphatic carbocycles. The quantitative estimate of drug-likeness (QED) is 0.695. The lowest BCUT2D eigenvalue weighted by molar-refractivity contribution is -0.129. The maximum Gasteiger partial charge on any atom is 0.219 e. The van der Waals surface area contributed by atoms with Crippen molar-refractivity contribution >= 4 is 23.0 Å². The number of carbonyl (C=O) groups is 1. The van der Waals surface area contributed by atoms with Crippen molar-refractivity contribution in [2.75, 3.05) is 42.5 Å². The summed E-state index contributed by atoms with van der Waals surface area (Å²) in [7, 11) is 0. The van der Waals surface area contributed by atoms with E-state index in [2.05, 4.69) is 4.90 Å². The minimum absolute atomic E-state index is 0.130. The Kier molecular flexibility index (Phi) is 3.08. The first-order chi connectivity index (χ1) is 8.09. The van der Waals surface area contributed by atoms with Gasteiger partial charge < -0.3 is 21.3 Å². The lowest BCUT2D eigenvalue weighted by Gasteiger charge is -2.36. The first-order valence-corrected chi connectivity index (χ1v) is 5.74. The Morgan fingerprint density at radius 1 is 1.18 bits per heavy atom. The average Bonchev–Trinajstić information content (AvgIpc) is 2.33. The monoisotopic (exact) mass is 234 g/mol. The first-order valence-electron chi connectivity index (χ1n) is 5.74. The van der Waals surface area contributed by atoms with Crippen LogP contribution < -0.4 is 16.4 Å². The summed E-state index contributed by atoms with van der Waals surface area (Å²) >= 11 is 0. The topological polar surface area (TPSA) is 75.6 Å². The Labute approximate surface area is 101 Å². The van der Waals surface area contributed by atoms with Crippen LogP contribution in [0.1, 0.15) is 6.92 Å². The highest BCUT2D eigenvalue weighted by Gasteiger charge is 2.20. The van der Waals surface area contributed by atoms with Crippen molar-refractivity contribution in [3.63, 3.8) is 0 Å². The van der Waals surface area contributed by atoms with Gasteiger partial charge in [-0.2, -0.15) is 0 Å². The number of piperazine rings is 1. The highest BCUT2D eigenvalue weighted by atomic mass is 16.2. The zero-order valence-corrected chi connectivity index (χ0v) is 10.0. The molecule has 1 saturated heterocycles. The molecule has 0 spiro atoms. The number of anilines is 3. The highest BCUT2D eigenvalue weighted by molar-refractivity contribution is 5.80. The fraction of sp³-hybridized carbons (Fsp3) is 0.417. The fourth-order valence-electron chi connectivity index (χ4n) is 2.11. The maximum absolute atomic E-state index is 11.2. The van der Waals surface area contributed by atoms with Gasteiger partial charge in [-0.1, -0.05) is 6.07 Å². The summed E-state index contributed by atoms with van der Waals surface area (Å²) in [5.41, 5.74) is 13.9. The van der Waals surface area contributed by atoms with Gasteiger partial charge in [0, 0.05) is 33.1 Å². The maximum atomic E-state index is 11.2. The van der Waals surface area contributed by atoms with E-state index in [1.165, 1.54) is 0 Å². The van der Waals surface area contributed by atoms with Gasteiger partial charge in [0.25, 0.3) is 0 Å². The summed E-state index contributed by atoms with van der Waals surface area (Å²) in [6.45, 7) is 4.68. The molecule has 2 rings (SSSR count). The van der Waals surface area contributed by atoms with Crippen LogP contribution in [0.15, 0.2) is 18.2 Å². The van der Waals surface area contributed by atoms with Crippen LogP contribution in [-0.2, 0) is 4.79 Å². The number of nitrogen functional groups attached to an aromatic ring is 2. The van der Waals surface area contributed by atoms with Crippen LogP contribution in [-0.4, -0.2) is 37.0 Å². The van der Waals surface area contributed by atoms with Crippen molar-refractivity contribution in [2.24, 2.45) is 0 Å². The predicted octanol–water partition coefficient (Wildman–Crippen LogP) is 0.520. The molecule has 0 saturated carbocycles. The number of amides is 1. The molecular weight excluding hydrogens is 216 g/mol. The van der Waals surface area contributed by atoms with E-state index in [4.69, 9.17) is 11.5 Å². The summed E-state index contributed by atoms with van der Waals surface area (Å²) in [5.74, 6) is 0.130. The standard InChI is InChI=1S/C12H18N4O/c1-9(17)15-5-7-16(8-6-15)11-4-2-3-10(13)12(11)14/h2-4H,5-8,13-14H2,1H3. The second kappa shape index (κ2) is 4.53. The molecule has 1 heterocycles. The molecule has 0 aromatic heterocycles. The molecule has 0 unspecified atom stereocenters. The van der Waals surface area contributed by atoms with Gasteiger partial charge in [0.2, 0.25) is 5.91 Å². The first kappa shape index (κ1) is 11.6. The molecule has 5 heteroatoms. The largest absolute Gasteiger partial charge is 0.397 e. The van der Waals surface area contributed by atoms with Crippen LogP contribution in [0.3, 0.4) is 0 Å². The average molecular weight is 234 g/mol. The van der Waals surface area contributed by atoms with Gasteiger partial charge in [-0.15, -0.1) is 0 Å². The number of rotatable bonds is 1. The molecule has 17 heavy (non-hydrogen) atoms. The predicted molar refractivity (Wildman–Crippen MR) is 69.7 cm³/mol. The number of nitrogens with zero attached hydrogens (tertiary/aromatic N) is 2. The van der Waals surface area contributed by atoms with Crippen LogP contribution in [0.2, 0.25) is 0 Å². The Balaban J connectivity index is 2.10. The number of carbonyl (C=O) groups excluding carboxylic acids is 1. The van der Waals surface area contributed by atoms with Gasteiger partial charge >= 0.3 is 0 Å². The van der Waals surface area contributed by atoms with Gasteiger partial charge in [0.05, 0.1) is 17.1 Å². The molecule has 4 N–H and O–H groups in total. The minimum Gasteiger partial charge on any atom is -0.397 e. The normalized spacial score (nSPS) is 16.1. The van der Waals surface area contributed by atoms with E-state index in [0.717, 1.165) is 31.9 Å². The van der Waals surface area contributed by atoms with E-state index in [1.807, 2.05) is 17.0 Å². The SMILES string of the molecule is CC(=O)N1CCN(c2cccc(N)c2N)CC1. The van der Waals surface area contributed by atoms with E-state index in [0.29, 0.717) is 11.4 Å². The van der Waals surface area contributed by atoms with Crippen molar-refractivity contribution in [3.8, 4) is 0 Å². The van der Waals surface area contributed by atoms with Crippen LogP contribution in [0.5, 0.6) is 0 Å². The molecule has 0 bridgehead atoms. The smallest absolute Gasteiger partial charge is 0.219 e. The van der Waals surface area contributed by atoms with Crippen molar-refractivity contribution in [3.05, 3.63) is 18.2 Å². The summed E-state index contributed by atoms with van der Waals surface area (Å²) in [6, 6.07) is 5.66. The zero-order chi connectivity index (χ0) is 12.4. The molecule has 1 aromatic carbocycles. The van der Waals surface area contributed by atoms with Crippen molar-refractivity contribution < 1.29 is 4.79 Å². The van der Waals surface area contributed by atoms with Gasteiger partial charge in [0.1, 0.15) is 0 Å². The Hall–Kier alpha value is -1.91. The molecule has 1 amide bonds. The lowest BCUT2D eigenvalue weighted by Crippen LogP contribution is -2.48. The van der Waals surface area contributed by atoms with Crippen LogP contribution >= 0.6 is 0 Å². The van der Waals surface area contributed by atoms with E-state index in [1.54, 1.807) is 13.0 Å². The summed E-state index contributed by atoms with van der Waals surface area (Å²) in [4.78, 5) is 15.2. The van der Waals surface area contributed by atoms with Crippen molar-refractivity contribution in [2.45, 2.75) is 6.92 Å². The van der Waals surface area contributed by atoms with Crippen molar-refractivity contribution in [1.29, 1.82) is 0 Å². The molecule has 5 nitrogen and oxygen atoms in total. The molecule has 1 aliphatic rings. The lowest BCUT2D eigenvalue weighted by atomic mass is 10.2. The second-order valence-corrected chi connectivity index (χ2v) is 4.27. The molecule has 1 fully saturated rings. The Bertz CT molecular complexity index is 425. The molecule has 1 aliphatic heterocycles. The van der Waals surface area contributed by atoms with Gasteiger partial charge in [-0.25, -0.2) is 0 Å². The third-order valence-corrected chi connectivity index (χ3v) is 3.18. The van der Waals surface area contributed by atoms with E-state index in [-0.39, 0.29) is 5.91 Å². The molecule has 1 aromatic rings. The van der Waals surface area contributed by atoms with Crippen LogP contribution in [0.4, 0.5) is 17.1 Å². The number of hydrogen-bond donors (Lipinski definition) is 2. The van der Waals surface area contributed by atoms with Gasteiger partial charge in [-0.05, 0) is 12.1 Å². The van der Waals surface area contributed by atoms with Crippen LogP contribution in [0.25, 0.3) is 0 Å². The second-order valence-electron chi connectivity index (χ2n) is 4.27. The number of benzene rings is 1. The molecule has 0 radical (unpaired) electrons. The van der Waals surface area contributed by atoms with E-state index < -0.39 is 0 Å².